The van der Waals surface area contributed by atoms with Crippen LogP contribution in [0.1, 0.15) is 24.9 Å². The van der Waals surface area contributed by atoms with Crippen LogP contribution in [0, 0.1) is 5.82 Å². The molecular weight excluding hydrogens is 169 g/mol. The van der Waals surface area contributed by atoms with E-state index in [0.717, 1.165) is 0 Å². The van der Waals surface area contributed by atoms with E-state index >= 15 is 0 Å². The molecule has 0 amide bonds. The van der Waals surface area contributed by atoms with Crippen LogP contribution in [0.15, 0.2) is 18.2 Å². The smallest absolute Gasteiger partial charge is 0.128 e. The molecule has 3 heteroatoms. The van der Waals surface area contributed by atoms with Crippen LogP contribution in [0.4, 0.5) is 4.39 Å². The van der Waals surface area contributed by atoms with E-state index in [9.17, 15) is 4.39 Å². The molecule has 2 nitrogen and oxygen atoms in total. The molecule has 0 heterocycles. The van der Waals surface area contributed by atoms with Crippen molar-refractivity contribution in [1.82, 2.24) is 0 Å². The summed E-state index contributed by atoms with van der Waals surface area (Å²) in [4.78, 5) is 0. The van der Waals surface area contributed by atoms with Crippen LogP contribution in [0.2, 0.25) is 0 Å². The van der Waals surface area contributed by atoms with E-state index in [0.29, 0.717) is 17.7 Å². The normalized spacial score (nSPS) is 12.6. The molecule has 0 saturated heterocycles. The molecule has 1 rings (SSSR count). The molecule has 0 fully saturated rings. The van der Waals surface area contributed by atoms with Crippen LogP contribution < -0.4 is 10.5 Å². The highest BCUT2D eigenvalue weighted by Gasteiger charge is 2.10. The van der Waals surface area contributed by atoms with E-state index < -0.39 is 0 Å². The van der Waals surface area contributed by atoms with Gasteiger partial charge in [-0.05, 0) is 24.6 Å². The van der Waals surface area contributed by atoms with E-state index in [2.05, 4.69) is 0 Å². The molecule has 0 aromatic heterocycles. The van der Waals surface area contributed by atoms with Crippen molar-refractivity contribution >= 4 is 0 Å². The van der Waals surface area contributed by atoms with Gasteiger partial charge in [-0.2, -0.15) is 0 Å². The Kier molecular flexibility index (Phi) is 3.25. The molecule has 1 atom stereocenters. The Morgan fingerprint density at radius 2 is 2.23 bits per heavy atom. The van der Waals surface area contributed by atoms with Gasteiger partial charge in [-0.25, -0.2) is 4.39 Å². The minimum Gasteiger partial charge on any atom is -0.497 e. The molecule has 0 bridgehead atoms. The number of halogens is 1. The largest absolute Gasteiger partial charge is 0.497 e. The van der Waals surface area contributed by atoms with Crippen molar-refractivity contribution in [2.75, 3.05) is 7.11 Å². The van der Waals surface area contributed by atoms with Crippen molar-refractivity contribution in [2.45, 2.75) is 19.4 Å². The van der Waals surface area contributed by atoms with E-state index in [-0.39, 0.29) is 11.9 Å². The van der Waals surface area contributed by atoms with Gasteiger partial charge in [0.1, 0.15) is 11.6 Å². The summed E-state index contributed by atoms with van der Waals surface area (Å²) in [5.41, 5.74) is 6.24. The van der Waals surface area contributed by atoms with Gasteiger partial charge in [-0.3, -0.25) is 0 Å². The standard InChI is InChI=1S/C10H14FNO/c1-3-10(12)8-6-7(13-2)4-5-9(8)11/h4-6,10H,3,12H2,1-2H3/t10-/m1/s1. The van der Waals surface area contributed by atoms with Gasteiger partial charge < -0.3 is 10.5 Å². The Morgan fingerprint density at radius 1 is 1.54 bits per heavy atom. The highest BCUT2D eigenvalue weighted by molar-refractivity contribution is 5.31. The second-order valence-electron chi connectivity index (χ2n) is 2.90. The van der Waals surface area contributed by atoms with Gasteiger partial charge in [0.25, 0.3) is 0 Å². The summed E-state index contributed by atoms with van der Waals surface area (Å²) < 4.78 is 18.2. The van der Waals surface area contributed by atoms with Crippen molar-refractivity contribution in [3.63, 3.8) is 0 Å². The van der Waals surface area contributed by atoms with Gasteiger partial charge in [0.15, 0.2) is 0 Å². The van der Waals surface area contributed by atoms with Gasteiger partial charge in [0.2, 0.25) is 0 Å². The predicted octanol–water partition coefficient (Wildman–Crippen LogP) is 2.24. The molecule has 72 valence electrons. The maximum absolute atomic E-state index is 13.2. The topological polar surface area (TPSA) is 35.2 Å². The Balaban J connectivity index is 3.03. The van der Waals surface area contributed by atoms with Gasteiger partial charge in [-0.15, -0.1) is 0 Å². The third-order valence-corrected chi connectivity index (χ3v) is 2.04. The van der Waals surface area contributed by atoms with Crippen molar-refractivity contribution in [1.29, 1.82) is 0 Å². The average Bonchev–Trinajstić information content (AvgIpc) is 2.17. The van der Waals surface area contributed by atoms with Gasteiger partial charge in [0.05, 0.1) is 7.11 Å². The lowest BCUT2D eigenvalue weighted by atomic mass is 10.0. The highest BCUT2D eigenvalue weighted by atomic mass is 19.1. The second-order valence-corrected chi connectivity index (χ2v) is 2.90. The number of methoxy groups -OCH3 is 1. The maximum atomic E-state index is 13.2. The maximum Gasteiger partial charge on any atom is 0.128 e. The summed E-state index contributed by atoms with van der Waals surface area (Å²) in [5.74, 6) is 0.371. The first-order valence-electron chi connectivity index (χ1n) is 4.28. The van der Waals surface area contributed by atoms with Gasteiger partial charge >= 0.3 is 0 Å². The quantitative estimate of drug-likeness (QED) is 0.780. The van der Waals surface area contributed by atoms with E-state index in [1.54, 1.807) is 19.2 Å². The number of ether oxygens (including phenoxy) is 1. The molecule has 0 radical (unpaired) electrons. The monoisotopic (exact) mass is 183 g/mol. The van der Waals surface area contributed by atoms with Gasteiger partial charge in [-0.1, -0.05) is 6.92 Å². The number of benzene rings is 1. The first kappa shape index (κ1) is 9.99. The molecule has 1 aromatic carbocycles. The van der Waals surface area contributed by atoms with Crippen LogP contribution in [-0.2, 0) is 0 Å². The summed E-state index contributed by atoms with van der Waals surface area (Å²) >= 11 is 0. The Bertz CT molecular complexity index is 288. The minimum absolute atomic E-state index is 0.255. The SMILES string of the molecule is CC[C@@H](N)c1cc(OC)ccc1F. The zero-order valence-corrected chi connectivity index (χ0v) is 7.88. The van der Waals surface area contributed by atoms with Crippen LogP contribution in [-0.4, -0.2) is 7.11 Å². The molecule has 0 aliphatic rings. The fourth-order valence-electron chi connectivity index (χ4n) is 1.15. The van der Waals surface area contributed by atoms with Crippen LogP contribution >= 0.6 is 0 Å². The van der Waals surface area contributed by atoms with E-state index in [4.69, 9.17) is 10.5 Å². The lowest BCUT2D eigenvalue weighted by molar-refractivity contribution is 0.411. The summed E-state index contributed by atoms with van der Waals surface area (Å²) in [7, 11) is 1.55. The van der Waals surface area contributed by atoms with Crippen LogP contribution in [0.5, 0.6) is 5.75 Å². The molecular formula is C10H14FNO. The molecule has 2 N–H and O–H groups in total. The van der Waals surface area contributed by atoms with Crippen molar-refractivity contribution < 1.29 is 9.13 Å². The number of hydrogen-bond acceptors (Lipinski definition) is 2. The van der Waals surface area contributed by atoms with Crippen molar-refractivity contribution in [3.05, 3.63) is 29.6 Å². The average molecular weight is 183 g/mol. The van der Waals surface area contributed by atoms with Crippen LogP contribution in [0.3, 0.4) is 0 Å². The first-order chi connectivity index (χ1) is 6.19. The molecule has 0 unspecified atom stereocenters. The predicted molar refractivity (Wildman–Crippen MR) is 50.2 cm³/mol. The van der Waals surface area contributed by atoms with E-state index in [1.807, 2.05) is 6.92 Å². The lowest BCUT2D eigenvalue weighted by Crippen LogP contribution is -2.10. The zero-order chi connectivity index (χ0) is 9.84. The Labute approximate surface area is 77.5 Å². The van der Waals surface area contributed by atoms with Gasteiger partial charge in [0, 0.05) is 11.6 Å². The fraction of sp³-hybridized carbons (Fsp3) is 0.400. The number of nitrogens with two attached hydrogens (primary N) is 1. The Morgan fingerprint density at radius 3 is 2.77 bits per heavy atom. The van der Waals surface area contributed by atoms with Crippen LogP contribution in [0.25, 0.3) is 0 Å². The van der Waals surface area contributed by atoms with Crippen molar-refractivity contribution in [2.24, 2.45) is 5.73 Å². The summed E-state index contributed by atoms with van der Waals surface area (Å²) in [6.45, 7) is 1.92. The van der Waals surface area contributed by atoms with Crippen molar-refractivity contribution in [3.8, 4) is 5.75 Å². The second kappa shape index (κ2) is 4.23. The molecule has 0 saturated carbocycles. The molecule has 0 aliphatic heterocycles. The minimum atomic E-state index is -0.268. The fourth-order valence-corrected chi connectivity index (χ4v) is 1.15. The third-order valence-electron chi connectivity index (χ3n) is 2.04. The molecule has 13 heavy (non-hydrogen) atoms. The molecule has 1 aromatic rings. The number of rotatable bonds is 3. The lowest BCUT2D eigenvalue weighted by Gasteiger charge is -2.11. The summed E-state index contributed by atoms with van der Waals surface area (Å²) in [5, 5.41) is 0. The first-order valence-corrected chi connectivity index (χ1v) is 4.28. The zero-order valence-electron chi connectivity index (χ0n) is 7.88. The molecule has 0 aliphatic carbocycles. The summed E-state index contributed by atoms with van der Waals surface area (Å²) in [6.07, 6.45) is 0.712. The Hall–Kier alpha value is -1.09. The summed E-state index contributed by atoms with van der Waals surface area (Å²) in [6, 6.07) is 4.35. The number of hydrogen-bond donors (Lipinski definition) is 1. The highest BCUT2D eigenvalue weighted by Crippen LogP contribution is 2.22. The van der Waals surface area contributed by atoms with E-state index in [1.165, 1.54) is 6.07 Å². The third kappa shape index (κ3) is 2.18. The molecule has 0 spiro atoms.